The smallest absolute Gasteiger partial charge is 0.264 e. The molecule has 4 saturated carbocycles. The number of methoxy groups -OCH3 is 5. The van der Waals surface area contributed by atoms with Crippen molar-refractivity contribution in [2.75, 3.05) is 68.3 Å². The van der Waals surface area contributed by atoms with Gasteiger partial charge in [0.1, 0.15) is 39.9 Å². The van der Waals surface area contributed by atoms with Gasteiger partial charge in [-0.15, -0.1) is 0 Å². The first-order valence-electron chi connectivity index (χ1n) is 37.2. The zero-order valence-electron chi connectivity index (χ0n) is 65.7. The molecule has 4 aliphatic carbocycles. The number of primary sulfonamides is 1. The maximum atomic E-state index is 13.4. The van der Waals surface area contributed by atoms with Crippen molar-refractivity contribution in [3.8, 4) is 51.0 Å². The number of nitrogens with two attached hydrogens (primary N) is 1. The summed E-state index contributed by atoms with van der Waals surface area (Å²) in [7, 11) is -6.34. The number of benzene rings is 7. The molecular weight excluding hydrogens is 1850 g/mol. The van der Waals surface area contributed by atoms with Crippen LogP contribution in [0.25, 0.3) is 22.3 Å². The Bertz CT molecular complexity index is 5450. The second-order valence-corrected chi connectivity index (χ2v) is 41.3. The number of rotatable bonds is 21. The summed E-state index contributed by atoms with van der Waals surface area (Å²) in [5, 5.41) is 15.1. The third-order valence-corrected chi connectivity index (χ3v) is 29.9. The minimum atomic E-state index is -3.97. The summed E-state index contributed by atoms with van der Waals surface area (Å²) in [6, 6.07) is 38.2. The summed E-state index contributed by atoms with van der Waals surface area (Å²) in [5.74, 6) is 1.72. The number of carbonyl (C=O) groups is 5. The average Bonchev–Trinajstić information content (AvgIpc) is 1.57. The molecule has 638 valence electrons. The van der Waals surface area contributed by atoms with Crippen molar-refractivity contribution in [3.63, 3.8) is 0 Å². The number of hydrogen-bond donors (Lipinski definition) is 5. The average molecular weight is 1940 g/mol. The Labute approximate surface area is 717 Å². The monoisotopic (exact) mass is 1940 g/mol. The Morgan fingerprint density at radius 2 is 0.797 bits per heavy atom. The highest BCUT2D eigenvalue weighted by atomic mass is 79.9. The lowest BCUT2D eigenvalue weighted by molar-refractivity contribution is -0.205. The van der Waals surface area contributed by atoms with Crippen molar-refractivity contribution in [2.45, 2.75) is 158 Å². The molecule has 38 heteroatoms. The van der Waals surface area contributed by atoms with E-state index in [9.17, 15) is 71.2 Å². The first-order chi connectivity index (χ1) is 55.5. The van der Waals surface area contributed by atoms with E-state index in [2.05, 4.69) is 72.1 Å². The Balaban J connectivity index is 0.000000170. The molecule has 2 spiro atoms. The molecule has 14 rings (SSSR count). The molecule has 3 atom stereocenters. The molecule has 7 aliphatic rings. The van der Waals surface area contributed by atoms with E-state index < -0.39 is 78.1 Å². The minimum absolute atomic E-state index is 0.000302. The number of aliphatic hydroxyl groups is 1. The van der Waals surface area contributed by atoms with Gasteiger partial charge in [-0.25, -0.2) is 61.4 Å². The predicted molar refractivity (Wildman–Crippen MR) is 448 cm³/mol. The van der Waals surface area contributed by atoms with Crippen LogP contribution in [0.4, 0.5) is 0 Å². The molecule has 0 aromatic heterocycles. The molecule has 7 aromatic rings. The summed E-state index contributed by atoms with van der Waals surface area (Å²) in [5.41, 5.74) is 4.09. The number of ether oxygens (including phenoxy) is 7. The van der Waals surface area contributed by atoms with Crippen LogP contribution in [0.2, 0.25) is 0 Å². The van der Waals surface area contributed by atoms with Gasteiger partial charge in [0.15, 0.2) is 6.29 Å². The number of piperidine rings is 2. The number of amides is 5. The van der Waals surface area contributed by atoms with E-state index in [1.54, 1.807) is 19.2 Å². The van der Waals surface area contributed by atoms with E-state index in [0.717, 1.165) is 109 Å². The van der Waals surface area contributed by atoms with Crippen molar-refractivity contribution in [2.24, 2.45) is 16.0 Å². The number of nitrogens with one attached hydrogen (secondary N) is 3. The fourth-order valence-electron chi connectivity index (χ4n) is 14.7. The molecule has 5 amide bonds. The largest absolute Gasteiger partial charge is 0.496 e. The fourth-order valence-corrected chi connectivity index (χ4v) is 21.1. The van der Waals surface area contributed by atoms with Crippen LogP contribution in [0.1, 0.15) is 127 Å². The van der Waals surface area contributed by atoms with Gasteiger partial charge in [0.25, 0.3) is 50.9 Å². The highest BCUT2D eigenvalue weighted by Gasteiger charge is 2.60. The van der Waals surface area contributed by atoms with E-state index in [4.69, 9.17) is 49.0 Å². The van der Waals surface area contributed by atoms with Crippen molar-refractivity contribution in [1.29, 1.82) is 0 Å². The molecule has 0 bridgehead atoms. The number of carbonyl (C=O) groups excluding carboxylic acids is 5. The topological polar surface area (TPSA) is 409 Å². The number of likely N-dealkylation sites (tertiary alicyclic amines) is 2. The summed E-state index contributed by atoms with van der Waals surface area (Å²) < 4.78 is 162. The van der Waals surface area contributed by atoms with Crippen molar-refractivity contribution in [1.82, 2.24) is 24.0 Å². The van der Waals surface area contributed by atoms with Gasteiger partial charge in [-0.1, -0.05) is 48.5 Å². The molecular formula is C80H92Br3ClN6O23S5. The van der Waals surface area contributed by atoms with E-state index in [-0.39, 0.29) is 53.4 Å². The molecule has 1 unspecified atom stereocenters. The van der Waals surface area contributed by atoms with Gasteiger partial charge >= 0.3 is 0 Å². The third-order valence-electron chi connectivity index (χ3n) is 21.5. The lowest BCUT2D eigenvalue weighted by atomic mass is 9.88. The van der Waals surface area contributed by atoms with Gasteiger partial charge in [-0.05, 0) is 267 Å². The van der Waals surface area contributed by atoms with Gasteiger partial charge < -0.3 is 48.1 Å². The molecule has 3 saturated heterocycles. The predicted octanol–water partition coefficient (Wildman–Crippen LogP) is 11.9. The summed E-state index contributed by atoms with van der Waals surface area (Å²) in [6.07, 6.45) is 11.6. The number of hydrogen-bond acceptors (Lipinski definition) is 23. The van der Waals surface area contributed by atoms with Gasteiger partial charge in [-0.3, -0.25) is 24.0 Å². The number of halogens is 4. The van der Waals surface area contributed by atoms with Crippen LogP contribution < -0.4 is 43.0 Å². The van der Waals surface area contributed by atoms with Crippen LogP contribution in [-0.2, 0) is 82.6 Å². The van der Waals surface area contributed by atoms with Crippen LogP contribution in [0.5, 0.6) is 28.7 Å². The molecule has 0 radical (unpaired) electrons. The van der Waals surface area contributed by atoms with Crippen molar-refractivity contribution < 1.29 is 104 Å². The number of sulfonamides is 4. The van der Waals surface area contributed by atoms with Crippen LogP contribution >= 0.6 is 58.5 Å². The zero-order valence-corrected chi connectivity index (χ0v) is 75.3. The summed E-state index contributed by atoms with van der Waals surface area (Å²) in [6.45, 7) is 7.08. The van der Waals surface area contributed by atoms with Gasteiger partial charge in [-0.2, -0.15) is 0 Å². The number of nitrogens with zero attached hydrogens (tertiary/aromatic N) is 2. The van der Waals surface area contributed by atoms with E-state index in [0.29, 0.717) is 97.7 Å². The SMILES string of the molecule is COc1ccc(S(=O)(=O)Cl)cc1Br.COc1ccc(S(=O)(=O)NC(C)=O)cc1-c1ccc([C@H]2CC23CCN(C(=O)C2(O)CC2)CC3)cc1.COc1ccc(S(=O)(=O)NC(C)=O)cc1-c1ccc([C@H]2CC23CCN(C(=O)C2(OC4CCCCO4)CC2)CC3)cc1.COc1ccc(S(=O)(=O)NC(C)=O)cc1Br.COc1ccc(S(N)(=O)=O)cc1Br. The molecule has 3 aliphatic heterocycles. The van der Waals surface area contributed by atoms with Crippen LogP contribution in [0.3, 0.4) is 0 Å². The Morgan fingerprint density at radius 1 is 0.458 bits per heavy atom. The fraction of sp³-hybridized carbons (Fsp3) is 0.412. The molecule has 29 nitrogen and oxygen atoms in total. The molecule has 7 aromatic carbocycles. The second kappa shape index (κ2) is 37.7. The minimum Gasteiger partial charge on any atom is -0.496 e. The standard InChI is InChI=1S/C31H38N2O7S.C26H30N2O6S.C9H10BrNO4S.C7H6BrClO3S.C7H8BrNO3S/c1-21(34)32-41(36,37)24-10-11-27(38-2)25(19-24)22-6-8-23(9-7-22)26-20-30(26)14-16-33(17-15-30)29(35)31(12-13-31)40-28-5-3-4-18-39-28;1-17(29)27-35(32,33)20-7-8-23(34-2)21(15-20)18-3-5-19(6-4-18)22-16-25(22)11-13-28(14-12-25)24(30)26(31)9-10-26;1-6(12)11-16(13,14)7-3-4-9(15-2)8(10)5-7;2*1-12-7-3-2-5(4-6(7)8)13(9,10)11/h6-11,19,26,28H,3-5,12-18,20H2,1-2H3,(H,32,34);3-8,15,22,31H,9-14,16H2,1-2H3,(H,27,29);3-5H,1-2H3,(H,11,12);2-4H,1H3;2-4H,1H3,(H2,9,10,11)/t26-,28?;22-;;;/m11.../s1. The Kier molecular flexibility index (Phi) is 29.5. The highest BCUT2D eigenvalue weighted by molar-refractivity contribution is 9.11. The lowest BCUT2D eigenvalue weighted by Crippen LogP contribution is -2.48. The molecule has 3 heterocycles. The maximum absolute atomic E-state index is 13.4. The van der Waals surface area contributed by atoms with Crippen LogP contribution in [-0.4, -0.2) is 172 Å². The molecule has 7 fully saturated rings. The first kappa shape index (κ1) is 92.5. The van der Waals surface area contributed by atoms with E-state index in [1.807, 2.05) is 48.2 Å². The highest BCUT2D eigenvalue weighted by Crippen LogP contribution is 2.66. The second-order valence-electron chi connectivity index (χ2n) is 29.6. The third kappa shape index (κ3) is 22.9. The van der Waals surface area contributed by atoms with Gasteiger partial charge in [0.2, 0.25) is 27.7 Å². The van der Waals surface area contributed by atoms with Crippen molar-refractivity contribution in [3.05, 3.63) is 164 Å². The van der Waals surface area contributed by atoms with Crippen LogP contribution in [0, 0.1) is 10.8 Å². The zero-order chi connectivity index (χ0) is 86.3. The van der Waals surface area contributed by atoms with Crippen LogP contribution in [0.15, 0.2) is 177 Å². The summed E-state index contributed by atoms with van der Waals surface area (Å²) >= 11 is 9.47. The lowest BCUT2D eigenvalue weighted by Gasteiger charge is -2.36. The first-order valence-corrected chi connectivity index (χ1v) is 47.9. The normalized spacial score (nSPS) is 19.0. The molecule has 118 heavy (non-hydrogen) atoms. The Hall–Kier alpha value is -7.79. The Morgan fingerprint density at radius 3 is 1.12 bits per heavy atom. The summed E-state index contributed by atoms with van der Waals surface area (Å²) in [4.78, 5) is 63.1. The molecule has 6 N–H and O–H groups in total. The van der Waals surface area contributed by atoms with E-state index in [1.165, 1.54) is 125 Å². The quantitative estimate of drug-likeness (QED) is 0.0417. The maximum Gasteiger partial charge on any atom is 0.264 e. The van der Waals surface area contributed by atoms with E-state index >= 15 is 0 Å². The van der Waals surface area contributed by atoms with Gasteiger partial charge in [0, 0.05) is 75.4 Å². The van der Waals surface area contributed by atoms with Crippen molar-refractivity contribution >= 4 is 137 Å². The van der Waals surface area contributed by atoms with Gasteiger partial charge in [0.05, 0.1) is 73.4 Å².